The average molecular weight is 441 g/mol. The summed E-state index contributed by atoms with van der Waals surface area (Å²) in [5.41, 5.74) is -1.02. The molecule has 1 atom stereocenters. The van der Waals surface area contributed by atoms with Gasteiger partial charge in [-0.25, -0.2) is 4.39 Å². The number of nitrogens with zero attached hydrogens (tertiary/aromatic N) is 1. The molecule has 31 heavy (non-hydrogen) atoms. The zero-order valence-corrected chi connectivity index (χ0v) is 17.2. The molecule has 0 bridgehead atoms. The number of fused-ring (bicyclic) bond motifs is 1. The van der Waals surface area contributed by atoms with Crippen molar-refractivity contribution in [3.05, 3.63) is 88.7 Å². The van der Waals surface area contributed by atoms with E-state index in [0.717, 1.165) is 6.07 Å². The second-order valence-electron chi connectivity index (χ2n) is 7.02. The highest BCUT2D eigenvalue weighted by atomic mass is 35.5. The molecule has 1 heterocycles. The number of nitrogens with one attached hydrogen (secondary N) is 1. The van der Waals surface area contributed by atoms with Gasteiger partial charge in [-0.1, -0.05) is 41.9 Å². The molecule has 3 aromatic rings. The van der Waals surface area contributed by atoms with E-state index in [1.807, 2.05) is 0 Å². The van der Waals surface area contributed by atoms with Gasteiger partial charge >= 0.3 is 0 Å². The standard InChI is InChI=1S/C23H18ClFN2O4/c1-31-20-10-9-15(24)12-18(20)26-21(28)13-27-19-8-3-2-7-17(19)23(30,22(27)29)14-5-4-6-16(25)11-14/h2-12,30H,13H2,1H3,(H,26,28)/t23-/m1/s1. The molecule has 8 heteroatoms. The minimum absolute atomic E-state index is 0.0874. The van der Waals surface area contributed by atoms with Crippen LogP contribution in [0.5, 0.6) is 5.75 Å². The van der Waals surface area contributed by atoms with Gasteiger partial charge in [0.2, 0.25) is 5.91 Å². The average Bonchev–Trinajstić information content (AvgIpc) is 2.97. The third-order valence-corrected chi connectivity index (χ3v) is 5.35. The van der Waals surface area contributed by atoms with Crippen molar-refractivity contribution in [1.82, 2.24) is 0 Å². The van der Waals surface area contributed by atoms with E-state index < -0.39 is 23.2 Å². The Balaban J connectivity index is 1.66. The number of aliphatic hydroxyl groups is 1. The van der Waals surface area contributed by atoms with Gasteiger partial charge in [-0.15, -0.1) is 0 Å². The predicted octanol–water partition coefficient (Wildman–Crippen LogP) is 3.71. The summed E-state index contributed by atoms with van der Waals surface area (Å²) >= 11 is 6.00. The number of hydrogen-bond acceptors (Lipinski definition) is 4. The Morgan fingerprint density at radius 1 is 1.16 bits per heavy atom. The van der Waals surface area contributed by atoms with Crippen LogP contribution >= 0.6 is 11.6 Å². The zero-order chi connectivity index (χ0) is 22.2. The van der Waals surface area contributed by atoms with Crippen molar-refractivity contribution in [2.45, 2.75) is 5.60 Å². The number of carbonyl (C=O) groups excluding carboxylic acids is 2. The molecular formula is C23H18ClFN2O4. The molecular weight excluding hydrogens is 423 g/mol. The zero-order valence-electron chi connectivity index (χ0n) is 16.4. The van der Waals surface area contributed by atoms with Crippen molar-refractivity contribution in [3.8, 4) is 5.75 Å². The van der Waals surface area contributed by atoms with E-state index in [4.69, 9.17) is 16.3 Å². The fourth-order valence-electron chi connectivity index (χ4n) is 3.70. The van der Waals surface area contributed by atoms with Gasteiger partial charge < -0.3 is 15.2 Å². The number of methoxy groups -OCH3 is 1. The number of carbonyl (C=O) groups is 2. The Morgan fingerprint density at radius 2 is 1.94 bits per heavy atom. The van der Waals surface area contributed by atoms with Crippen LogP contribution in [0.1, 0.15) is 11.1 Å². The Bertz CT molecular complexity index is 1190. The highest BCUT2D eigenvalue weighted by molar-refractivity contribution is 6.31. The second kappa shape index (κ2) is 8.02. The molecule has 1 aliphatic rings. The molecule has 0 saturated carbocycles. The monoisotopic (exact) mass is 440 g/mol. The first-order chi connectivity index (χ1) is 14.8. The van der Waals surface area contributed by atoms with E-state index in [-0.39, 0.29) is 17.7 Å². The molecule has 0 spiro atoms. The summed E-state index contributed by atoms with van der Waals surface area (Å²) in [4.78, 5) is 27.2. The summed E-state index contributed by atoms with van der Waals surface area (Å²) in [5.74, 6) is -1.44. The minimum atomic E-state index is -2.10. The quantitative estimate of drug-likeness (QED) is 0.634. The Labute approximate surface area is 182 Å². The number of anilines is 2. The summed E-state index contributed by atoms with van der Waals surface area (Å²) in [7, 11) is 1.46. The van der Waals surface area contributed by atoms with E-state index in [1.54, 1.807) is 36.4 Å². The van der Waals surface area contributed by atoms with Gasteiger partial charge in [0.15, 0.2) is 5.60 Å². The lowest BCUT2D eigenvalue weighted by atomic mass is 9.87. The molecule has 158 valence electrons. The lowest BCUT2D eigenvalue weighted by Gasteiger charge is -2.23. The maximum absolute atomic E-state index is 13.8. The van der Waals surface area contributed by atoms with Gasteiger partial charge in [0, 0.05) is 16.1 Å². The Kier molecular flexibility index (Phi) is 5.39. The fourth-order valence-corrected chi connectivity index (χ4v) is 3.87. The van der Waals surface area contributed by atoms with Crippen LogP contribution in [0.3, 0.4) is 0 Å². The number of benzene rings is 3. The Hall–Kier alpha value is -3.42. The first kappa shape index (κ1) is 20.8. The third-order valence-electron chi connectivity index (χ3n) is 5.12. The van der Waals surface area contributed by atoms with Crippen LogP contribution in [-0.2, 0) is 15.2 Å². The van der Waals surface area contributed by atoms with Crippen molar-refractivity contribution >= 4 is 34.8 Å². The van der Waals surface area contributed by atoms with Crippen LogP contribution in [0, 0.1) is 5.82 Å². The van der Waals surface area contributed by atoms with Gasteiger partial charge in [-0.2, -0.15) is 0 Å². The first-order valence-electron chi connectivity index (χ1n) is 9.38. The SMILES string of the molecule is COc1ccc(Cl)cc1NC(=O)CN1C(=O)[C@@](O)(c2cccc(F)c2)c2ccccc21. The molecule has 4 rings (SSSR count). The van der Waals surface area contributed by atoms with E-state index in [0.29, 0.717) is 22.1 Å². The molecule has 0 radical (unpaired) electrons. The summed E-state index contributed by atoms with van der Waals surface area (Å²) in [5, 5.41) is 14.4. The molecule has 0 saturated heterocycles. The summed E-state index contributed by atoms with van der Waals surface area (Å²) in [6.07, 6.45) is 0. The highest BCUT2D eigenvalue weighted by Crippen LogP contribution is 2.44. The normalized spacial score (nSPS) is 17.4. The van der Waals surface area contributed by atoms with Crippen LogP contribution in [0.15, 0.2) is 66.7 Å². The minimum Gasteiger partial charge on any atom is -0.495 e. The van der Waals surface area contributed by atoms with Crippen LogP contribution in [0.4, 0.5) is 15.8 Å². The molecule has 2 N–H and O–H groups in total. The van der Waals surface area contributed by atoms with E-state index in [1.165, 1.54) is 36.3 Å². The van der Waals surface area contributed by atoms with E-state index >= 15 is 0 Å². The van der Waals surface area contributed by atoms with Crippen LogP contribution in [0.25, 0.3) is 0 Å². The van der Waals surface area contributed by atoms with Crippen molar-refractivity contribution in [3.63, 3.8) is 0 Å². The molecule has 3 aromatic carbocycles. The fraction of sp³-hybridized carbons (Fsp3) is 0.130. The van der Waals surface area contributed by atoms with Gasteiger partial charge in [0.25, 0.3) is 5.91 Å². The number of rotatable bonds is 5. The van der Waals surface area contributed by atoms with Gasteiger partial charge in [0.1, 0.15) is 18.1 Å². The van der Waals surface area contributed by atoms with Crippen molar-refractivity contribution in [1.29, 1.82) is 0 Å². The van der Waals surface area contributed by atoms with Gasteiger partial charge in [0.05, 0.1) is 18.5 Å². The maximum atomic E-state index is 13.8. The Morgan fingerprint density at radius 3 is 2.68 bits per heavy atom. The largest absolute Gasteiger partial charge is 0.495 e. The first-order valence-corrected chi connectivity index (χ1v) is 9.75. The molecule has 0 aliphatic carbocycles. The number of halogens is 2. The lowest BCUT2D eigenvalue weighted by Crippen LogP contribution is -2.44. The third kappa shape index (κ3) is 3.62. The second-order valence-corrected chi connectivity index (χ2v) is 7.46. The molecule has 1 aliphatic heterocycles. The van der Waals surface area contributed by atoms with Crippen LogP contribution < -0.4 is 15.0 Å². The summed E-state index contributed by atoms with van der Waals surface area (Å²) in [6, 6.07) is 16.5. The highest BCUT2D eigenvalue weighted by Gasteiger charge is 2.51. The summed E-state index contributed by atoms with van der Waals surface area (Å²) in [6.45, 7) is -0.372. The molecule has 2 amide bonds. The van der Waals surface area contributed by atoms with Crippen molar-refractivity contribution < 1.29 is 23.8 Å². The maximum Gasteiger partial charge on any atom is 0.268 e. The molecule has 0 aromatic heterocycles. The van der Waals surface area contributed by atoms with Crippen LogP contribution in [-0.4, -0.2) is 30.6 Å². The van der Waals surface area contributed by atoms with Gasteiger partial charge in [-0.3, -0.25) is 14.5 Å². The molecule has 0 unspecified atom stereocenters. The van der Waals surface area contributed by atoms with E-state index in [9.17, 15) is 19.1 Å². The molecule has 6 nitrogen and oxygen atoms in total. The number of amides is 2. The topological polar surface area (TPSA) is 78.9 Å². The number of ether oxygens (including phenoxy) is 1. The van der Waals surface area contributed by atoms with Gasteiger partial charge in [-0.05, 0) is 36.4 Å². The van der Waals surface area contributed by atoms with Crippen molar-refractivity contribution in [2.24, 2.45) is 0 Å². The van der Waals surface area contributed by atoms with Crippen LogP contribution in [0.2, 0.25) is 5.02 Å². The smallest absolute Gasteiger partial charge is 0.268 e. The van der Waals surface area contributed by atoms with Crippen molar-refractivity contribution in [2.75, 3.05) is 23.9 Å². The lowest BCUT2D eigenvalue weighted by molar-refractivity contribution is -0.133. The summed E-state index contributed by atoms with van der Waals surface area (Å²) < 4.78 is 19.0. The number of para-hydroxylation sites is 1. The number of hydrogen-bond donors (Lipinski definition) is 2. The predicted molar refractivity (Wildman–Crippen MR) is 115 cm³/mol. The van der Waals surface area contributed by atoms with E-state index in [2.05, 4.69) is 5.32 Å². The molecule has 0 fully saturated rings.